The molecule has 0 radical (unpaired) electrons. The van der Waals surface area contributed by atoms with Gasteiger partial charge in [-0.05, 0) is 37.4 Å². The highest BCUT2D eigenvalue weighted by molar-refractivity contribution is 6.42. The van der Waals surface area contributed by atoms with E-state index in [2.05, 4.69) is 26.1 Å². The molecular weight excluding hydrogens is 293 g/mol. The molecule has 0 amide bonds. The summed E-state index contributed by atoms with van der Waals surface area (Å²) < 4.78 is 5.85. The molecule has 0 aliphatic carbocycles. The van der Waals surface area contributed by atoms with Crippen LogP contribution < -0.4 is 5.32 Å². The molecule has 0 spiro atoms. The van der Waals surface area contributed by atoms with Gasteiger partial charge in [0.05, 0.1) is 15.6 Å². The molecule has 0 aliphatic heterocycles. The van der Waals surface area contributed by atoms with Crippen LogP contribution in [0.3, 0.4) is 0 Å². The summed E-state index contributed by atoms with van der Waals surface area (Å²) in [4.78, 5) is 0. The van der Waals surface area contributed by atoms with E-state index in [1.54, 1.807) is 7.11 Å². The number of methoxy groups -OCH3 is 1. The molecule has 0 saturated heterocycles. The minimum Gasteiger partial charge on any atom is -0.377 e. The quantitative estimate of drug-likeness (QED) is 0.749. The maximum Gasteiger partial charge on any atom is 0.0828 e. The summed E-state index contributed by atoms with van der Waals surface area (Å²) in [5, 5.41) is 4.80. The zero-order chi connectivity index (χ0) is 15.2. The molecule has 1 unspecified atom stereocenters. The average molecular weight is 318 g/mol. The number of hydrogen-bond acceptors (Lipinski definition) is 2. The second-order valence-electron chi connectivity index (χ2n) is 5.00. The van der Waals surface area contributed by atoms with E-state index in [0.717, 1.165) is 31.4 Å². The van der Waals surface area contributed by atoms with Gasteiger partial charge in [0.2, 0.25) is 0 Å². The van der Waals surface area contributed by atoms with Crippen molar-refractivity contribution in [2.24, 2.45) is 0 Å². The highest BCUT2D eigenvalue weighted by atomic mass is 35.5. The topological polar surface area (TPSA) is 21.3 Å². The number of benzene rings is 1. The summed E-state index contributed by atoms with van der Waals surface area (Å²) in [6.07, 6.45) is 2.72. The number of hydrogen-bond donors (Lipinski definition) is 1. The standard InChI is InChI=1S/C16H25Cl2NO/c1-5-16(6-2,20-4)14(19-7-3)11-12-9-8-10-13(17)15(12)18/h8-10,14,19H,5-7,11H2,1-4H3. The third kappa shape index (κ3) is 3.88. The molecule has 0 saturated carbocycles. The Hall–Kier alpha value is -0.280. The summed E-state index contributed by atoms with van der Waals surface area (Å²) in [5.41, 5.74) is 0.884. The Morgan fingerprint density at radius 2 is 1.85 bits per heavy atom. The van der Waals surface area contributed by atoms with Gasteiger partial charge in [-0.25, -0.2) is 0 Å². The number of ether oxygens (including phenoxy) is 1. The van der Waals surface area contributed by atoms with Crippen LogP contribution in [0.2, 0.25) is 10.0 Å². The molecule has 0 fully saturated rings. The first-order chi connectivity index (χ1) is 9.54. The third-order valence-electron chi connectivity index (χ3n) is 4.14. The lowest BCUT2D eigenvalue weighted by molar-refractivity contribution is -0.0468. The van der Waals surface area contributed by atoms with E-state index in [4.69, 9.17) is 27.9 Å². The molecule has 20 heavy (non-hydrogen) atoms. The maximum absolute atomic E-state index is 6.32. The average Bonchev–Trinajstić information content (AvgIpc) is 2.46. The third-order valence-corrected chi connectivity index (χ3v) is 5.00. The van der Waals surface area contributed by atoms with Crippen molar-refractivity contribution in [3.63, 3.8) is 0 Å². The molecule has 1 rings (SSSR count). The monoisotopic (exact) mass is 317 g/mol. The van der Waals surface area contributed by atoms with Gasteiger partial charge >= 0.3 is 0 Å². The normalized spacial score (nSPS) is 13.5. The minimum absolute atomic E-state index is 0.179. The number of nitrogens with one attached hydrogen (secondary N) is 1. The molecule has 4 heteroatoms. The Morgan fingerprint density at radius 3 is 2.35 bits per heavy atom. The van der Waals surface area contributed by atoms with Crippen LogP contribution >= 0.6 is 23.2 Å². The van der Waals surface area contributed by atoms with E-state index in [0.29, 0.717) is 10.0 Å². The van der Waals surface area contributed by atoms with Gasteiger partial charge in [0, 0.05) is 13.2 Å². The van der Waals surface area contributed by atoms with E-state index in [1.165, 1.54) is 0 Å². The second kappa shape index (κ2) is 8.23. The van der Waals surface area contributed by atoms with Crippen LogP contribution in [0.4, 0.5) is 0 Å². The smallest absolute Gasteiger partial charge is 0.0828 e. The van der Waals surface area contributed by atoms with Crippen LogP contribution in [-0.2, 0) is 11.2 Å². The van der Waals surface area contributed by atoms with E-state index >= 15 is 0 Å². The van der Waals surface area contributed by atoms with Crippen molar-refractivity contribution >= 4 is 23.2 Å². The predicted octanol–water partition coefficient (Wildman–Crippen LogP) is 4.72. The summed E-state index contributed by atoms with van der Waals surface area (Å²) in [7, 11) is 1.79. The lowest BCUT2D eigenvalue weighted by Gasteiger charge is -2.39. The molecule has 0 heterocycles. The van der Waals surface area contributed by atoms with Gasteiger partial charge in [-0.15, -0.1) is 0 Å². The molecule has 1 atom stereocenters. The maximum atomic E-state index is 6.32. The number of rotatable bonds is 8. The second-order valence-corrected chi connectivity index (χ2v) is 5.79. The van der Waals surface area contributed by atoms with Crippen molar-refractivity contribution in [2.45, 2.75) is 51.7 Å². The van der Waals surface area contributed by atoms with Gasteiger partial charge in [-0.3, -0.25) is 0 Å². The van der Waals surface area contributed by atoms with Gasteiger partial charge in [0.1, 0.15) is 0 Å². The molecular formula is C16H25Cl2NO. The first-order valence-electron chi connectivity index (χ1n) is 7.26. The minimum atomic E-state index is -0.179. The van der Waals surface area contributed by atoms with Crippen molar-refractivity contribution < 1.29 is 4.74 Å². The van der Waals surface area contributed by atoms with E-state index in [9.17, 15) is 0 Å². The van der Waals surface area contributed by atoms with Crippen molar-refractivity contribution in [3.05, 3.63) is 33.8 Å². The molecule has 0 aromatic heterocycles. The number of halogens is 2. The van der Waals surface area contributed by atoms with Gasteiger partial charge in [-0.1, -0.05) is 56.1 Å². The predicted molar refractivity (Wildman–Crippen MR) is 88.0 cm³/mol. The van der Waals surface area contributed by atoms with Crippen LogP contribution in [0.5, 0.6) is 0 Å². The first-order valence-corrected chi connectivity index (χ1v) is 8.01. The molecule has 1 aromatic rings. The lowest BCUT2D eigenvalue weighted by atomic mass is 9.84. The molecule has 0 aliphatic rings. The van der Waals surface area contributed by atoms with Crippen LogP contribution in [0, 0.1) is 0 Å². The van der Waals surface area contributed by atoms with Crippen molar-refractivity contribution in [1.82, 2.24) is 5.32 Å². The molecule has 1 aromatic carbocycles. The Labute approximate surface area is 132 Å². The Balaban J connectivity index is 3.05. The van der Waals surface area contributed by atoms with Crippen molar-refractivity contribution in [3.8, 4) is 0 Å². The van der Waals surface area contributed by atoms with Crippen LogP contribution in [-0.4, -0.2) is 25.3 Å². The van der Waals surface area contributed by atoms with Crippen LogP contribution in [0.15, 0.2) is 18.2 Å². The fourth-order valence-corrected chi connectivity index (χ4v) is 3.19. The van der Waals surface area contributed by atoms with E-state index in [-0.39, 0.29) is 11.6 Å². The molecule has 114 valence electrons. The summed E-state index contributed by atoms with van der Waals surface area (Å²) >= 11 is 12.4. The van der Waals surface area contributed by atoms with Gasteiger partial charge in [0.25, 0.3) is 0 Å². The van der Waals surface area contributed by atoms with Crippen molar-refractivity contribution in [2.75, 3.05) is 13.7 Å². The van der Waals surface area contributed by atoms with Gasteiger partial charge in [-0.2, -0.15) is 0 Å². The first kappa shape index (κ1) is 17.8. The van der Waals surface area contributed by atoms with Crippen molar-refractivity contribution in [1.29, 1.82) is 0 Å². The molecule has 1 N–H and O–H groups in total. The fourth-order valence-electron chi connectivity index (χ4n) is 2.79. The van der Waals surface area contributed by atoms with E-state index in [1.807, 2.05) is 18.2 Å². The lowest BCUT2D eigenvalue weighted by Crippen LogP contribution is -2.52. The zero-order valence-electron chi connectivity index (χ0n) is 12.8. The van der Waals surface area contributed by atoms with E-state index < -0.39 is 0 Å². The molecule has 0 bridgehead atoms. The molecule has 2 nitrogen and oxygen atoms in total. The fraction of sp³-hybridized carbons (Fsp3) is 0.625. The zero-order valence-corrected chi connectivity index (χ0v) is 14.3. The Bertz CT molecular complexity index is 411. The summed E-state index contributed by atoms with van der Waals surface area (Å²) in [6, 6.07) is 6.01. The van der Waals surface area contributed by atoms with Gasteiger partial charge < -0.3 is 10.1 Å². The summed E-state index contributed by atoms with van der Waals surface area (Å²) in [5.74, 6) is 0. The Morgan fingerprint density at radius 1 is 1.20 bits per heavy atom. The SMILES string of the molecule is CCNC(Cc1cccc(Cl)c1Cl)C(CC)(CC)OC. The van der Waals surface area contributed by atoms with Crippen LogP contribution in [0.1, 0.15) is 39.2 Å². The largest absolute Gasteiger partial charge is 0.377 e. The summed E-state index contributed by atoms with van der Waals surface area (Å²) in [6.45, 7) is 7.33. The highest BCUT2D eigenvalue weighted by Crippen LogP contribution is 2.31. The van der Waals surface area contributed by atoms with Gasteiger partial charge in [0.15, 0.2) is 0 Å². The van der Waals surface area contributed by atoms with Crippen LogP contribution in [0.25, 0.3) is 0 Å². The Kier molecular flexibility index (Phi) is 7.32. The highest BCUT2D eigenvalue weighted by Gasteiger charge is 2.35. The number of likely N-dealkylation sites (N-methyl/N-ethyl adjacent to an activating group) is 1.